The minimum atomic E-state index is -0.403. The summed E-state index contributed by atoms with van der Waals surface area (Å²) in [6.45, 7) is 1.13. The monoisotopic (exact) mass is 279 g/mol. The van der Waals surface area contributed by atoms with Crippen molar-refractivity contribution in [1.82, 2.24) is 10.2 Å². The van der Waals surface area contributed by atoms with E-state index in [0.29, 0.717) is 18.8 Å². The summed E-state index contributed by atoms with van der Waals surface area (Å²) in [6, 6.07) is 7.98. The van der Waals surface area contributed by atoms with E-state index >= 15 is 0 Å². The average molecular weight is 280 g/mol. The van der Waals surface area contributed by atoms with E-state index in [2.05, 4.69) is 15.5 Å². The molecule has 0 unspecified atom stereocenters. The zero-order valence-corrected chi connectivity index (χ0v) is 11.2. The summed E-state index contributed by atoms with van der Waals surface area (Å²) in [5.41, 5.74) is 2.28. The number of benzene rings is 1. The second-order valence-electron chi connectivity index (χ2n) is 4.03. The van der Waals surface area contributed by atoms with E-state index in [4.69, 9.17) is 16.3 Å². The molecule has 2 rings (SSSR count). The fraction of sp³-hybridized carbons (Fsp3) is 0.231. The van der Waals surface area contributed by atoms with Crippen molar-refractivity contribution in [3.63, 3.8) is 0 Å². The molecule has 0 aliphatic rings. The Morgan fingerprint density at radius 2 is 2.21 bits per heavy atom. The van der Waals surface area contributed by atoms with Gasteiger partial charge in [0, 0.05) is 13.7 Å². The Labute approximate surface area is 115 Å². The lowest BCUT2D eigenvalue weighted by molar-refractivity contribution is 0.185. The van der Waals surface area contributed by atoms with E-state index in [0.717, 1.165) is 11.1 Å². The molecule has 0 aliphatic heterocycles. The second kappa shape index (κ2) is 6.36. The largest absolute Gasteiger partial charge is 0.380 e. The van der Waals surface area contributed by atoms with Gasteiger partial charge in [-0.1, -0.05) is 35.9 Å². The van der Waals surface area contributed by atoms with Gasteiger partial charge in [0.25, 0.3) is 5.56 Å². The standard InChI is InChI=1S/C13H14ClN3O2/c1-19-8-10-4-2-3-9(5-10)6-15-11-7-16-17-13(18)12(11)14/h2-5,7H,6,8H2,1H3,(H2,15,17,18). The molecule has 1 aromatic carbocycles. The van der Waals surface area contributed by atoms with Crippen molar-refractivity contribution in [2.24, 2.45) is 0 Å². The Balaban J connectivity index is 2.08. The Kier molecular flexibility index (Phi) is 4.54. The maximum atomic E-state index is 11.3. The molecular weight excluding hydrogens is 266 g/mol. The molecule has 100 valence electrons. The normalized spacial score (nSPS) is 10.4. The van der Waals surface area contributed by atoms with E-state index in [1.54, 1.807) is 7.11 Å². The van der Waals surface area contributed by atoms with Gasteiger partial charge in [-0.05, 0) is 11.1 Å². The number of methoxy groups -OCH3 is 1. The number of halogens is 1. The number of hydrogen-bond donors (Lipinski definition) is 2. The van der Waals surface area contributed by atoms with Crippen LogP contribution in [-0.4, -0.2) is 17.3 Å². The average Bonchev–Trinajstić information content (AvgIpc) is 2.41. The van der Waals surface area contributed by atoms with Gasteiger partial charge < -0.3 is 10.1 Å². The van der Waals surface area contributed by atoms with Crippen molar-refractivity contribution >= 4 is 17.3 Å². The van der Waals surface area contributed by atoms with Crippen molar-refractivity contribution in [2.75, 3.05) is 12.4 Å². The molecule has 5 nitrogen and oxygen atoms in total. The molecule has 19 heavy (non-hydrogen) atoms. The number of rotatable bonds is 5. The number of hydrogen-bond acceptors (Lipinski definition) is 4. The molecule has 0 radical (unpaired) electrons. The molecule has 1 aromatic heterocycles. The molecule has 2 N–H and O–H groups in total. The highest BCUT2D eigenvalue weighted by Crippen LogP contribution is 2.16. The quantitative estimate of drug-likeness (QED) is 0.880. The summed E-state index contributed by atoms with van der Waals surface area (Å²) in [4.78, 5) is 11.3. The van der Waals surface area contributed by atoms with Gasteiger partial charge in [0.2, 0.25) is 0 Å². The first-order valence-electron chi connectivity index (χ1n) is 5.74. The Bertz CT molecular complexity index is 613. The van der Waals surface area contributed by atoms with E-state index < -0.39 is 5.56 Å². The maximum absolute atomic E-state index is 11.3. The number of ether oxygens (including phenoxy) is 1. The third kappa shape index (κ3) is 3.56. The van der Waals surface area contributed by atoms with Gasteiger partial charge in [0.05, 0.1) is 18.5 Å². The van der Waals surface area contributed by atoms with Crippen LogP contribution in [0.15, 0.2) is 35.3 Å². The van der Waals surface area contributed by atoms with Gasteiger partial charge in [-0.3, -0.25) is 4.79 Å². The Hall–Kier alpha value is -1.85. The van der Waals surface area contributed by atoms with Crippen molar-refractivity contribution in [2.45, 2.75) is 13.2 Å². The van der Waals surface area contributed by atoms with Crippen molar-refractivity contribution in [1.29, 1.82) is 0 Å². The lowest BCUT2D eigenvalue weighted by Crippen LogP contribution is -2.11. The summed E-state index contributed by atoms with van der Waals surface area (Å²) in [6.07, 6.45) is 1.49. The molecule has 0 aliphatic carbocycles. The van der Waals surface area contributed by atoms with Crippen LogP contribution in [-0.2, 0) is 17.9 Å². The van der Waals surface area contributed by atoms with Gasteiger partial charge >= 0.3 is 0 Å². The molecule has 0 bridgehead atoms. The molecule has 0 saturated heterocycles. The zero-order valence-electron chi connectivity index (χ0n) is 10.4. The maximum Gasteiger partial charge on any atom is 0.285 e. The smallest absolute Gasteiger partial charge is 0.285 e. The van der Waals surface area contributed by atoms with Gasteiger partial charge in [-0.15, -0.1) is 0 Å². The topological polar surface area (TPSA) is 67.0 Å². The first-order valence-corrected chi connectivity index (χ1v) is 6.12. The van der Waals surface area contributed by atoms with Gasteiger partial charge in [0.1, 0.15) is 5.02 Å². The lowest BCUT2D eigenvalue weighted by Gasteiger charge is -2.08. The Morgan fingerprint density at radius 1 is 1.42 bits per heavy atom. The van der Waals surface area contributed by atoms with Crippen LogP contribution in [0.1, 0.15) is 11.1 Å². The minimum absolute atomic E-state index is 0.114. The molecule has 0 spiro atoms. The van der Waals surface area contributed by atoms with E-state index in [1.165, 1.54) is 6.20 Å². The highest BCUT2D eigenvalue weighted by atomic mass is 35.5. The number of H-pyrrole nitrogens is 1. The summed E-state index contributed by atoms with van der Waals surface area (Å²) in [5, 5.41) is 9.17. The molecule has 0 atom stereocenters. The van der Waals surface area contributed by atoms with Crippen LogP contribution in [0.2, 0.25) is 5.02 Å². The fourth-order valence-electron chi connectivity index (χ4n) is 1.70. The molecule has 6 heteroatoms. The van der Waals surface area contributed by atoms with Gasteiger partial charge in [0.15, 0.2) is 0 Å². The van der Waals surface area contributed by atoms with Gasteiger partial charge in [-0.25, -0.2) is 5.10 Å². The van der Waals surface area contributed by atoms with Gasteiger partial charge in [-0.2, -0.15) is 5.10 Å². The lowest BCUT2D eigenvalue weighted by atomic mass is 10.1. The second-order valence-corrected chi connectivity index (χ2v) is 4.41. The van der Waals surface area contributed by atoms with Crippen molar-refractivity contribution < 1.29 is 4.74 Å². The first-order chi connectivity index (χ1) is 9.20. The number of aromatic nitrogens is 2. The Morgan fingerprint density at radius 3 is 3.00 bits per heavy atom. The van der Waals surface area contributed by atoms with Crippen LogP contribution in [0, 0.1) is 0 Å². The highest BCUT2D eigenvalue weighted by Gasteiger charge is 2.04. The van der Waals surface area contributed by atoms with Crippen LogP contribution in [0.4, 0.5) is 5.69 Å². The molecule has 2 aromatic rings. The van der Waals surface area contributed by atoms with Crippen LogP contribution in [0.25, 0.3) is 0 Å². The third-order valence-electron chi connectivity index (χ3n) is 2.58. The minimum Gasteiger partial charge on any atom is -0.380 e. The first kappa shape index (κ1) is 13.6. The molecule has 0 fully saturated rings. The number of nitrogens with one attached hydrogen (secondary N) is 2. The van der Waals surface area contributed by atoms with E-state index in [9.17, 15) is 4.79 Å². The summed E-state index contributed by atoms with van der Waals surface area (Å²) in [7, 11) is 1.66. The van der Waals surface area contributed by atoms with Crippen molar-refractivity contribution in [3.8, 4) is 0 Å². The highest BCUT2D eigenvalue weighted by molar-refractivity contribution is 6.32. The summed E-state index contributed by atoms with van der Waals surface area (Å²) in [5.74, 6) is 0. The number of nitrogens with zero attached hydrogens (tertiary/aromatic N) is 1. The van der Waals surface area contributed by atoms with E-state index in [-0.39, 0.29) is 5.02 Å². The molecular formula is C13H14ClN3O2. The predicted octanol–water partition coefficient (Wildman–Crippen LogP) is 2.18. The molecule has 1 heterocycles. The van der Waals surface area contributed by atoms with Crippen molar-refractivity contribution in [3.05, 3.63) is 57.0 Å². The fourth-order valence-corrected chi connectivity index (χ4v) is 1.86. The van der Waals surface area contributed by atoms with Crippen LogP contribution >= 0.6 is 11.6 Å². The zero-order chi connectivity index (χ0) is 13.7. The summed E-state index contributed by atoms with van der Waals surface area (Å²) >= 11 is 5.87. The molecule has 0 amide bonds. The summed E-state index contributed by atoms with van der Waals surface area (Å²) < 4.78 is 5.08. The van der Waals surface area contributed by atoms with Crippen LogP contribution < -0.4 is 10.9 Å². The SMILES string of the molecule is COCc1cccc(CNc2cn[nH]c(=O)c2Cl)c1. The predicted molar refractivity (Wildman–Crippen MR) is 74.3 cm³/mol. The number of aromatic amines is 1. The molecule has 0 saturated carbocycles. The van der Waals surface area contributed by atoms with Crippen LogP contribution in [0.5, 0.6) is 0 Å². The van der Waals surface area contributed by atoms with E-state index in [1.807, 2.05) is 24.3 Å². The number of anilines is 1. The van der Waals surface area contributed by atoms with Crippen LogP contribution in [0.3, 0.4) is 0 Å². The third-order valence-corrected chi connectivity index (χ3v) is 2.96.